The van der Waals surface area contributed by atoms with Crippen molar-refractivity contribution in [2.75, 3.05) is 23.7 Å². The monoisotopic (exact) mass is 515 g/mol. The van der Waals surface area contributed by atoms with Crippen LogP contribution in [0, 0.1) is 0 Å². The van der Waals surface area contributed by atoms with Crippen LogP contribution < -0.4 is 10.6 Å². The average molecular weight is 516 g/mol. The molecule has 0 aromatic heterocycles. The second-order valence-electron chi connectivity index (χ2n) is 8.75. The summed E-state index contributed by atoms with van der Waals surface area (Å²) in [5.41, 5.74) is 1.27. The number of rotatable bonds is 9. The number of amides is 3. The number of nitrogens with one attached hydrogen (secondary N) is 2. The Hall–Kier alpha value is -2.38. The second-order valence-corrected chi connectivity index (χ2v) is 9.66. The summed E-state index contributed by atoms with van der Waals surface area (Å²) in [6.07, 6.45) is 7.01. The molecule has 178 valence electrons. The van der Waals surface area contributed by atoms with Crippen molar-refractivity contribution in [1.82, 2.24) is 4.90 Å². The number of aliphatic hydroxyl groups is 1. The molecule has 7 heteroatoms. The molecule has 1 fully saturated rings. The zero-order valence-corrected chi connectivity index (χ0v) is 20.9. The van der Waals surface area contributed by atoms with Gasteiger partial charge in [0.1, 0.15) is 0 Å². The van der Waals surface area contributed by atoms with Gasteiger partial charge in [-0.05, 0) is 55.2 Å². The van der Waals surface area contributed by atoms with Gasteiger partial charge < -0.3 is 20.6 Å². The zero-order chi connectivity index (χ0) is 23.7. The highest BCUT2D eigenvalue weighted by Gasteiger charge is 2.35. The maximum atomic E-state index is 12.8. The Bertz CT molecular complexity index is 925. The molecule has 0 spiro atoms. The van der Waals surface area contributed by atoms with Crippen LogP contribution in [0.2, 0.25) is 0 Å². The Labute approximate surface area is 204 Å². The number of carbonyl (C=O) groups excluding carboxylic acids is 2. The Morgan fingerprint density at radius 3 is 2.27 bits per heavy atom. The smallest absolute Gasteiger partial charge is 0.321 e. The van der Waals surface area contributed by atoms with Crippen molar-refractivity contribution in [3.05, 3.63) is 58.6 Å². The highest BCUT2D eigenvalue weighted by Crippen LogP contribution is 2.33. The maximum Gasteiger partial charge on any atom is 0.321 e. The number of hydrogen-bond acceptors (Lipinski definition) is 3. The number of halogens is 1. The van der Waals surface area contributed by atoms with Crippen LogP contribution in [0.15, 0.2) is 53.0 Å². The first-order chi connectivity index (χ1) is 15.9. The van der Waals surface area contributed by atoms with E-state index in [9.17, 15) is 14.7 Å². The molecule has 3 N–H and O–H groups in total. The van der Waals surface area contributed by atoms with Crippen LogP contribution >= 0.6 is 15.9 Å². The van der Waals surface area contributed by atoms with E-state index in [2.05, 4.69) is 33.5 Å². The summed E-state index contributed by atoms with van der Waals surface area (Å²) in [4.78, 5) is 26.7. The van der Waals surface area contributed by atoms with Gasteiger partial charge in [0.15, 0.2) is 0 Å². The molecule has 0 radical (unpaired) electrons. The Kier molecular flexibility index (Phi) is 9.32. The number of unbranched alkanes of at least 4 members (excludes halogenated alkanes) is 4. The molecule has 2 aromatic carbocycles. The molecule has 6 nitrogen and oxygen atoms in total. The number of anilines is 2. The zero-order valence-electron chi connectivity index (χ0n) is 19.3. The van der Waals surface area contributed by atoms with Crippen LogP contribution in [-0.4, -0.2) is 35.0 Å². The van der Waals surface area contributed by atoms with E-state index >= 15 is 0 Å². The Balaban J connectivity index is 1.48. The number of benzene rings is 2. The molecule has 1 saturated heterocycles. The predicted molar refractivity (Wildman–Crippen MR) is 136 cm³/mol. The summed E-state index contributed by atoms with van der Waals surface area (Å²) < 4.78 is 0.969. The van der Waals surface area contributed by atoms with Gasteiger partial charge in [0, 0.05) is 35.4 Å². The van der Waals surface area contributed by atoms with Crippen molar-refractivity contribution in [1.29, 1.82) is 0 Å². The van der Waals surface area contributed by atoms with Gasteiger partial charge in [-0.2, -0.15) is 0 Å². The summed E-state index contributed by atoms with van der Waals surface area (Å²) >= 11 is 3.42. The lowest BCUT2D eigenvalue weighted by Crippen LogP contribution is -2.46. The van der Waals surface area contributed by atoms with E-state index in [-0.39, 0.29) is 11.9 Å². The van der Waals surface area contributed by atoms with Gasteiger partial charge in [0.2, 0.25) is 5.91 Å². The van der Waals surface area contributed by atoms with E-state index in [4.69, 9.17) is 0 Å². The van der Waals surface area contributed by atoms with Gasteiger partial charge >= 0.3 is 6.03 Å². The predicted octanol–water partition coefficient (Wildman–Crippen LogP) is 6.26. The highest BCUT2D eigenvalue weighted by atomic mass is 79.9. The fourth-order valence-electron chi connectivity index (χ4n) is 4.12. The molecule has 1 aliphatic heterocycles. The fourth-order valence-corrected chi connectivity index (χ4v) is 4.38. The molecule has 0 bridgehead atoms. The van der Waals surface area contributed by atoms with E-state index < -0.39 is 5.60 Å². The maximum absolute atomic E-state index is 12.8. The fraction of sp³-hybridized carbons (Fsp3) is 0.462. The van der Waals surface area contributed by atoms with Crippen molar-refractivity contribution >= 4 is 39.2 Å². The molecular weight excluding hydrogens is 482 g/mol. The number of likely N-dealkylation sites (tertiary alicyclic amines) is 1. The Morgan fingerprint density at radius 1 is 0.970 bits per heavy atom. The summed E-state index contributed by atoms with van der Waals surface area (Å²) in [6.45, 7) is 3.10. The quantitative estimate of drug-likeness (QED) is 0.344. The molecule has 0 saturated carbocycles. The van der Waals surface area contributed by atoms with Crippen molar-refractivity contribution in [2.45, 2.75) is 63.9 Å². The van der Waals surface area contributed by atoms with E-state index in [0.717, 1.165) is 22.9 Å². The lowest BCUT2D eigenvalue weighted by atomic mass is 9.84. The van der Waals surface area contributed by atoms with Crippen molar-refractivity contribution in [3.63, 3.8) is 0 Å². The van der Waals surface area contributed by atoms with E-state index in [1.54, 1.807) is 17.0 Å². The number of hydrogen-bond donors (Lipinski definition) is 3. The first kappa shape index (κ1) is 25.2. The minimum Gasteiger partial charge on any atom is -0.385 e. The molecule has 0 atom stereocenters. The number of urea groups is 1. The minimum absolute atomic E-state index is 0.00164. The van der Waals surface area contributed by atoms with Crippen LogP contribution in [-0.2, 0) is 10.4 Å². The summed E-state index contributed by atoms with van der Waals surface area (Å²) in [7, 11) is 0. The molecule has 2 aromatic rings. The van der Waals surface area contributed by atoms with Gasteiger partial charge in [-0.3, -0.25) is 4.79 Å². The number of nitrogens with zero attached hydrogens (tertiary/aromatic N) is 1. The van der Waals surface area contributed by atoms with Gasteiger partial charge in [-0.15, -0.1) is 0 Å². The van der Waals surface area contributed by atoms with Gasteiger partial charge in [0.25, 0.3) is 0 Å². The van der Waals surface area contributed by atoms with Crippen LogP contribution in [0.3, 0.4) is 0 Å². The molecule has 3 rings (SSSR count). The highest BCUT2D eigenvalue weighted by molar-refractivity contribution is 9.10. The van der Waals surface area contributed by atoms with Crippen molar-refractivity contribution in [3.8, 4) is 0 Å². The molecular formula is C26H34BrN3O3. The molecule has 33 heavy (non-hydrogen) atoms. The van der Waals surface area contributed by atoms with E-state index in [1.165, 1.54) is 19.3 Å². The van der Waals surface area contributed by atoms with Crippen LogP contribution in [0.1, 0.15) is 63.9 Å². The summed E-state index contributed by atoms with van der Waals surface area (Å²) in [5.74, 6) is -0.00164. The van der Waals surface area contributed by atoms with E-state index in [1.807, 2.05) is 36.4 Å². The van der Waals surface area contributed by atoms with E-state index in [0.29, 0.717) is 43.7 Å². The van der Waals surface area contributed by atoms with Gasteiger partial charge in [-0.25, -0.2) is 4.79 Å². The third-order valence-electron chi connectivity index (χ3n) is 6.16. The standard InChI is InChI=1S/C26H34BrN3O3/c1-2-3-4-5-6-10-24(31)28-22-8-7-9-23(19-22)29-25(32)30-17-15-26(33,16-18-30)20-11-13-21(27)14-12-20/h7-9,11-14,19,33H,2-6,10,15-18H2,1H3,(H,28,31)(H,29,32). The second kappa shape index (κ2) is 12.2. The van der Waals surface area contributed by atoms with Crippen molar-refractivity contribution < 1.29 is 14.7 Å². The van der Waals surface area contributed by atoms with Crippen molar-refractivity contribution in [2.24, 2.45) is 0 Å². The lowest BCUT2D eigenvalue weighted by molar-refractivity contribution is -0.116. The third-order valence-corrected chi connectivity index (χ3v) is 6.69. The topological polar surface area (TPSA) is 81.7 Å². The number of piperidine rings is 1. The number of carbonyl (C=O) groups is 2. The first-order valence-corrected chi connectivity index (χ1v) is 12.6. The largest absolute Gasteiger partial charge is 0.385 e. The van der Waals surface area contributed by atoms with Crippen LogP contribution in [0.5, 0.6) is 0 Å². The minimum atomic E-state index is -0.918. The van der Waals surface area contributed by atoms with Gasteiger partial charge in [0.05, 0.1) is 5.60 Å². The molecule has 3 amide bonds. The van der Waals surface area contributed by atoms with Crippen LogP contribution in [0.25, 0.3) is 0 Å². The normalized spacial score (nSPS) is 15.2. The first-order valence-electron chi connectivity index (χ1n) is 11.8. The lowest BCUT2D eigenvalue weighted by Gasteiger charge is -2.38. The molecule has 0 aliphatic carbocycles. The van der Waals surface area contributed by atoms with Crippen LogP contribution in [0.4, 0.5) is 16.2 Å². The molecule has 1 aliphatic rings. The SMILES string of the molecule is CCCCCCCC(=O)Nc1cccc(NC(=O)N2CCC(O)(c3ccc(Br)cc3)CC2)c1. The molecule has 0 unspecified atom stereocenters. The summed E-state index contributed by atoms with van der Waals surface area (Å²) in [6, 6.07) is 14.7. The average Bonchev–Trinajstić information content (AvgIpc) is 2.80. The Morgan fingerprint density at radius 2 is 1.61 bits per heavy atom. The third kappa shape index (κ3) is 7.57. The molecule has 1 heterocycles. The summed E-state index contributed by atoms with van der Waals surface area (Å²) in [5, 5.41) is 16.9. The van der Waals surface area contributed by atoms with Gasteiger partial charge in [-0.1, -0.05) is 66.7 Å².